The molecule has 2 N–H and O–H groups in total. The molecule has 112 valence electrons. The second-order valence-electron chi connectivity index (χ2n) is 5.48. The number of nitrogens with one attached hydrogen (secondary N) is 1. The number of hydrogen-bond donors (Lipinski definition) is 2. The van der Waals surface area contributed by atoms with E-state index in [2.05, 4.69) is 35.1 Å². The highest BCUT2D eigenvalue weighted by Crippen LogP contribution is 2.24. The average molecular weight is 344 g/mol. The third-order valence-electron chi connectivity index (χ3n) is 3.88. The fraction of sp³-hybridized carbons (Fsp3) is 0.600. The van der Waals surface area contributed by atoms with Gasteiger partial charge in [0.25, 0.3) is 0 Å². The molecule has 20 heavy (non-hydrogen) atoms. The lowest BCUT2D eigenvalue weighted by Crippen LogP contribution is -2.51. The summed E-state index contributed by atoms with van der Waals surface area (Å²) in [5.41, 5.74) is -0.0570. The van der Waals surface area contributed by atoms with E-state index in [9.17, 15) is 5.11 Å². The maximum absolute atomic E-state index is 9.99. The van der Waals surface area contributed by atoms with Gasteiger partial charge in [0.2, 0.25) is 0 Å². The van der Waals surface area contributed by atoms with Crippen molar-refractivity contribution in [1.29, 1.82) is 0 Å². The maximum atomic E-state index is 9.99. The van der Waals surface area contributed by atoms with E-state index >= 15 is 0 Å². The summed E-state index contributed by atoms with van der Waals surface area (Å²) in [7, 11) is 0. The standard InChI is InChI=1S/C15H22BrNO3/c1-11-15(2,7-8-19-11)17-9-13(18)10-20-14-5-3-12(16)4-6-14/h3-6,11,13,17-18H,7-10H2,1-2H3. The number of β-amino-alcohol motifs (C(OH)–C–C–N with tert-alkyl or cyclic N) is 1. The first-order valence-corrected chi connectivity index (χ1v) is 7.72. The van der Waals surface area contributed by atoms with Gasteiger partial charge < -0.3 is 19.9 Å². The van der Waals surface area contributed by atoms with Crippen molar-refractivity contribution in [3.8, 4) is 5.75 Å². The zero-order valence-corrected chi connectivity index (χ0v) is 13.5. The molecular weight excluding hydrogens is 322 g/mol. The molecular formula is C15H22BrNO3. The van der Waals surface area contributed by atoms with E-state index in [-0.39, 0.29) is 18.2 Å². The van der Waals surface area contributed by atoms with E-state index in [1.807, 2.05) is 24.3 Å². The Kier molecular flexibility index (Phi) is 5.43. The van der Waals surface area contributed by atoms with Gasteiger partial charge in [0.15, 0.2) is 0 Å². The van der Waals surface area contributed by atoms with Crippen LogP contribution in [-0.2, 0) is 4.74 Å². The van der Waals surface area contributed by atoms with Crippen molar-refractivity contribution < 1.29 is 14.6 Å². The molecule has 1 heterocycles. The summed E-state index contributed by atoms with van der Waals surface area (Å²) >= 11 is 3.37. The van der Waals surface area contributed by atoms with Crippen molar-refractivity contribution in [2.24, 2.45) is 0 Å². The largest absolute Gasteiger partial charge is 0.491 e. The molecule has 1 aliphatic rings. The van der Waals surface area contributed by atoms with Crippen LogP contribution in [-0.4, -0.2) is 42.6 Å². The van der Waals surface area contributed by atoms with Crippen LogP contribution in [0.5, 0.6) is 5.75 Å². The highest BCUT2D eigenvalue weighted by atomic mass is 79.9. The van der Waals surface area contributed by atoms with Crippen molar-refractivity contribution in [1.82, 2.24) is 5.32 Å². The van der Waals surface area contributed by atoms with E-state index in [0.717, 1.165) is 23.2 Å². The van der Waals surface area contributed by atoms with Crippen molar-refractivity contribution in [2.75, 3.05) is 19.8 Å². The quantitative estimate of drug-likeness (QED) is 0.832. The molecule has 0 aliphatic carbocycles. The Balaban J connectivity index is 1.73. The van der Waals surface area contributed by atoms with E-state index in [4.69, 9.17) is 9.47 Å². The lowest BCUT2D eigenvalue weighted by Gasteiger charge is -2.30. The van der Waals surface area contributed by atoms with E-state index in [1.165, 1.54) is 0 Å². The van der Waals surface area contributed by atoms with Crippen LogP contribution < -0.4 is 10.1 Å². The van der Waals surface area contributed by atoms with Gasteiger partial charge in [-0.1, -0.05) is 15.9 Å². The van der Waals surface area contributed by atoms with Gasteiger partial charge in [-0.15, -0.1) is 0 Å². The van der Waals surface area contributed by atoms with Gasteiger partial charge in [-0.25, -0.2) is 0 Å². The first kappa shape index (κ1) is 15.8. The molecule has 2 rings (SSSR count). The maximum Gasteiger partial charge on any atom is 0.119 e. The molecule has 1 fully saturated rings. The first-order chi connectivity index (χ1) is 9.49. The first-order valence-electron chi connectivity index (χ1n) is 6.93. The topological polar surface area (TPSA) is 50.7 Å². The van der Waals surface area contributed by atoms with Crippen LogP contribution in [0.25, 0.3) is 0 Å². The number of aliphatic hydroxyl groups is 1. The Morgan fingerprint density at radius 3 is 2.80 bits per heavy atom. The lowest BCUT2D eigenvalue weighted by molar-refractivity contribution is 0.0686. The summed E-state index contributed by atoms with van der Waals surface area (Å²) in [4.78, 5) is 0. The molecule has 0 aromatic heterocycles. The fourth-order valence-corrected chi connectivity index (χ4v) is 2.46. The minimum atomic E-state index is -0.539. The van der Waals surface area contributed by atoms with Gasteiger partial charge in [0.1, 0.15) is 18.5 Å². The molecule has 1 aromatic rings. The second kappa shape index (κ2) is 6.89. The lowest BCUT2D eigenvalue weighted by atomic mass is 9.94. The van der Waals surface area contributed by atoms with Crippen molar-refractivity contribution in [3.63, 3.8) is 0 Å². The predicted molar refractivity (Wildman–Crippen MR) is 82.1 cm³/mol. The predicted octanol–water partition coefficient (Wildman–Crippen LogP) is 2.35. The zero-order chi connectivity index (χ0) is 14.6. The Bertz CT molecular complexity index is 426. The summed E-state index contributed by atoms with van der Waals surface area (Å²) in [5.74, 6) is 0.760. The van der Waals surface area contributed by atoms with Gasteiger partial charge in [-0.3, -0.25) is 0 Å². The number of halogens is 1. The van der Waals surface area contributed by atoms with Gasteiger partial charge in [-0.2, -0.15) is 0 Å². The van der Waals surface area contributed by atoms with Crippen LogP contribution in [0.3, 0.4) is 0 Å². The van der Waals surface area contributed by atoms with Crippen molar-refractivity contribution in [2.45, 2.75) is 38.0 Å². The summed E-state index contributed by atoms with van der Waals surface area (Å²) in [5, 5.41) is 13.4. The van der Waals surface area contributed by atoms with Gasteiger partial charge in [0, 0.05) is 23.2 Å². The summed E-state index contributed by atoms with van der Waals surface area (Å²) in [6, 6.07) is 7.58. The van der Waals surface area contributed by atoms with Crippen LogP contribution in [0.2, 0.25) is 0 Å². The molecule has 0 radical (unpaired) electrons. The van der Waals surface area contributed by atoms with E-state index in [1.54, 1.807) is 0 Å². The van der Waals surface area contributed by atoms with Gasteiger partial charge in [-0.05, 0) is 44.5 Å². The Morgan fingerprint density at radius 1 is 1.50 bits per heavy atom. The third kappa shape index (κ3) is 4.19. The minimum absolute atomic E-state index is 0.0570. The Morgan fingerprint density at radius 2 is 2.20 bits per heavy atom. The smallest absolute Gasteiger partial charge is 0.119 e. The number of aliphatic hydroxyl groups excluding tert-OH is 1. The molecule has 0 saturated carbocycles. The fourth-order valence-electron chi connectivity index (χ4n) is 2.20. The minimum Gasteiger partial charge on any atom is -0.491 e. The Hall–Kier alpha value is -0.620. The third-order valence-corrected chi connectivity index (χ3v) is 4.41. The normalized spacial score (nSPS) is 27.5. The molecule has 3 atom stereocenters. The number of benzene rings is 1. The summed E-state index contributed by atoms with van der Waals surface area (Å²) in [6.45, 7) is 5.74. The highest BCUT2D eigenvalue weighted by molar-refractivity contribution is 9.10. The van der Waals surface area contributed by atoms with Crippen LogP contribution in [0.4, 0.5) is 0 Å². The monoisotopic (exact) mass is 343 g/mol. The van der Waals surface area contributed by atoms with Crippen LogP contribution in [0, 0.1) is 0 Å². The molecule has 1 saturated heterocycles. The van der Waals surface area contributed by atoms with Crippen LogP contribution in [0.15, 0.2) is 28.7 Å². The summed E-state index contributed by atoms with van der Waals surface area (Å²) in [6.07, 6.45) is 0.597. The van der Waals surface area contributed by atoms with E-state index < -0.39 is 6.10 Å². The van der Waals surface area contributed by atoms with Gasteiger partial charge >= 0.3 is 0 Å². The highest BCUT2D eigenvalue weighted by Gasteiger charge is 2.36. The Labute approximate surface area is 128 Å². The number of ether oxygens (including phenoxy) is 2. The number of hydrogen-bond acceptors (Lipinski definition) is 4. The molecule has 5 heteroatoms. The van der Waals surface area contributed by atoms with E-state index in [0.29, 0.717) is 6.54 Å². The second-order valence-corrected chi connectivity index (χ2v) is 6.40. The molecule has 1 aromatic carbocycles. The molecule has 0 bridgehead atoms. The number of rotatable bonds is 6. The van der Waals surface area contributed by atoms with Crippen molar-refractivity contribution >= 4 is 15.9 Å². The molecule has 0 spiro atoms. The van der Waals surface area contributed by atoms with Crippen LogP contribution >= 0.6 is 15.9 Å². The molecule has 4 nitrogen and oxygen atoms in total. The summed E-state index contributed by atoms with van der Waals surface area (Å²) < 4.78 is 12.1. The van der Waals surface area contributed by atoms with Crippen LogP contribution in [0.1, 0.15) is 20.3 Å². The molecule has 1 aliphatic heterocycles. The SMILES string of the molecule is CC1OCCC1(C)NCC(O)COc1ccc(Br)cc1. The average Bonchev–Trinajstić information content (AvgIpc) is 2.76. The molecule has 3 unspecified atom stereocenters. The zero-order valence-electron chi connectivity index (χ0n) is 11.9. The molecule has 0 amide bonds. The van der Waals surface area contributed by atoms with Crippen molar-refractivity contribution in [3.05, 3.63) is 28.7 Å². The van der Waals surface area contributed by atoms with Gasteiger partial charge in [0.05, 0.1) is 6.10 Å².